The van der Waals surface area contributed by atoms with Gasteiger partial charge in [0, 0.05) is 25.2 Å². The Kier molecular flexibility index (Phi) is 7.78. The number of amides is 3. The van der Waals surface area contributed by atoms with Gasteiger partial charge in [-0.05, 0) is 49.1 Å². The summed E-state index contributed by atoms with van der Waals surface area (Å²) in [5.74, 6) is -1.40. The van der Waals surface area contributed by atoms with Gasteiger partial charge < -0.3 is 20.3 Å². The Balaban J connectivity index is 1.38. The SMILES string of the molecule is Cc1ccc(NC(=O)C(=O)NCCCC(=O)N2CCOC(c3ccccc3)C2)cc1C. The van der Waals surface area contributed by atoms with Gasteiger partial charge >= 0.3 is 11.8 Å². The van der Waals surface area contributed by atoms with E-state index in [-0.39, 0.29) is 18.6 Å². The van der Waals surface area contributed by atoms with E-state index in [1.807, 2.05) is 56.3 Å². The van der Waals surface area contributed by atoms with Crippen LogP contribution in [0, 0.1) is 13.8 Å². The molecule has 0 aromatic heterocycles. The maximum atomic E-state index is 12.5. The molecule has 1 unspecified atom stereocenters. The molecule has 2 aromatic rings. The lowest BCUT2D eigenvalue weighted by Gasteiger charge is -2.33. The fourth-order valence-corrected chi connectivity index (χ4v) is 3.43. The van der Waals surface area contributed by atoms with Crippen LogP contribution in [0.2, 0.25) is 0 Å². The number of benzene rings is 2. The molecule has 0 radical (unpaired) electrons. The molecule has 3 rings (SSSR count). The number of aryl methyl sites for hydroxylation is 2. The molecule has 164 valence electrons. The van der Waals surface area contributed by atoms with Crippen LogP contribution in [0.15, 0.2) is 48.5 Å². The smallest absolute Gasteiger partial charge is 0.313 e. The maximum Gasteiger partial charge on any atom is 0.313 e. The largest absolute Gasteiger partial charge is 0.370 e. The molecule has 1 aliphatic heterocycles. The number of hydrogen-bond donors (Lipinski definition) is 2. The van der Waals surface area contributed by atoms with Crippen LogP contribution in [0.25, 0.3) is 0 Å². The van der Waals surface area contributed by atoms with Crippen molar-refractivity contribution in [1.29, 1.82) is 0 Å². The standard InChI is InChI=1S/C24H29N3O4/c1-17-10-11-20(15-18(17)2)26-24(30)23(29)25-12-6-9-22(28)27-13-14-31-21(16-27)19-7-4-3-5-8-19/h3-5,7-8,10-11,15,21H,6,9,12-14,16H2,1-2H3,(H,25,29)(H,26,30). The number of carbonyl (C=O) groups is 3. The van der Waals surface area contributed by atoms with E-state index >= 15 is 0 Å². The first-order valence-electron chi connectivity index (χ1n) is 10.5. The molecule has 0 bridgehead atoms. The number of anilines is 1. The third-order valence-electron chi connectivity index (χ3n) is 5.41. The molecular weight excluding hydrogens is 394 g/mol. The minimum atomic E-state index is -0.714. The number of morpholine rings is 1. The summed E-state index contributed by atoms with van der Waals surface area (Å²) in [7, 11) is 0. The number of ether oxygens (including phenoxy) is 1. The summed E-state index contributed by atoms with van der Waals surface area (Å²) in [5.41, 5.74) is 3.79. The van der Waals surface area contributed by atoms with E-state index in [0.29, 0.717) is 38.2 Å². The zero-order chi connectivity index (χ0) is 22.2. The Morgan fingerprint density at radius 3 is 2.55 bits per heavy atom. The molecule has 1 fully saturated rings. The number of nitrogens with one attached hydrogen (secondary N) is 2. The Morgan fingerprint density at radius 1 is 1.03 bits per heavy atom. The highest BCUT2D eigenvalue weighted by molar-refractivity contribution is 6.39. The van der Waals surface area contributed by atoms with E-state index < -0.39 is 11.8 Å². The van der Waals surface area contributed by atoms with Crippen molar-refractivity contribution in [2.75, 3.05) is 31.6 Å². The van der Waals surface area contributed by atoms with Crippen molar-refractivity contribution in [2.24, 2.45) is 0 Å². The Hall–Kier alpha value is -3.19. The molecule has 3 amide bonds. The first-order chi connectivity index (χ1) is 14.9. The van der Waals surface area contributed by atoms with Gasteiger partial charge in [0.15, 0.2) is 0 Å². The molecular formula is C24H29N3O4. The van der Waals surface area contributed by atoms with E-state index in [1.165, 1.54) is 0 Å². The average molecular weight is 424 g/mol. The number of nitrogens with zero attached hydrogens (tertiary/aromatic N) is 1. The van der Waals surface area contributed by atoms with Gasteiger partial charge in [-0.25, -0.2) is 0 Å². The lowest BCUT2D eigenvalue weighted by atomic mass is 10.1. The van der Waals surface area contributed by atoms with Gasteiger partial charge in [0.2, 0.25) is 5.91 Å². The molecule has 2 N–H and O–H groups in total. The zero-order valence-electron chi connectivity index (χ0n) is 18.0. The van der Waals surface area contributed by atoms with E-state index in [9.17, 15) is 14.4 Å². The summed E-state index contributed by atoms with van der Waals surface area (Å²) < 4.78 is 5.80. The first-order valence-corrected chi connectivity index (χ1v) is 10.5. The molecule has 1 saturated heterocycles. The van der Waals surface area contributed by atoms with Crippen LogP contribution in [0.3, 0.4) is 0 Å². The fraction of sp³-hybridized carbons (Fsp3) is 0.375. The van der Waals surface area contributed by atoms with Crippen molar-refractivity contribution in [3.63, 3.8) is 0 Å². The van der Waals surface area contributed by atoms with Crippen molar-refractivity contribution >= 4 is 23.4 Å². The van der Waals surface area contributed by atoms with Crippen molar-refractivity contribution in [3.8, 4) is 0 Å². The highest BCUT2D eigenvalue weighted by Gasteiger charge is 2.25. The van der Waals surface area contributed by atoms with Crippen LogP contribution in [0.5, 0.6) is 0 Å². The maximum absolute atomic E-state index is 12.5. The van der Waals surface area contributed by atoms with E-state index in [4.69, 9.17) is 4.74 Å². The second kappa shape index (κ2) is 10.7. The summed E-state index contributed by atoms with van der Waals surface area (Å²) in [5, 5.41) is 5.17. The third-order valence-corrected chi connectivity index (χ3v) is 5.41. The van der Waals surface area contributed by atoms with E-state index in [1.54, 1.807) is 11.0 Å². The molecule has 7 heteroatoms. The minimum Gasteiger partial charge on any atom is -0.370 e. The second-order valence-corrected chi connectivity index (χ2v) is 7.72. The van der Waals surface area contributed by atoms with Gasteiger partial charge in [-0.1, -0.05) is 36.4 Å². The van der Waals surface area contributed by atoms with Crippen molar-refractivity contribution in [1.82, 2.24) is 10.2 Å². The lowest BCUT2D eigenvalue weighted by molar-refractivity contribution is -0.139. The molecule has 1 heterocycles. The molecule has 31 heavy (non-hydrogen) atoms. The van der Waals surface area contributed by atoms with E-state index in [0.717, 1.165) is 16.7 Å². The molecule has 1 aliphatic rings. The van der Waals surface area contributed by atoms with Crippen LogP contribution in [-0.2, 0) is 19.1 Å². The van der Waals surface area contributed by atoms with Gasteiger partial charge in [-0.15, -0.1) is 0 Å². The fourth-order valence-electron chi connectivity index (χ4n) is 3.43. The van der Waals surface area contributed by atoms with Gasteiger partial charge in [-0.2, -0.15) is 0 Å². The lowest BCUT2D eigenvalue weighted by Crippen LogP contribution is -2.42. The predicted molar refractivity (Wildman–Crippen MR) is 119 cm³/mol. The normalized spacial score (nSPS) is 15.9. The molecule has 7 nitrogen and oxygen atoms in total. The van der Waals surface area contributed by atoms with Crippen LogP contribution >= 0.6 is 0 Å². The zero-order valence-corrected chi connectivity index (χ0v) is 18.0. The Bertz CT molecular complexity index is 930. The highest BCUT2D eigenvalue weighted by atomic mass is 16.5. The van der Waals surface area contributed by atoms with Crippen LogP contribution < -0.4 is 10.6 Å². The van der Waals surface area contributed by atoms with Crippen molar-refractivity contribution < 1.29 is 19.1 Å². The number of carbonyl (C=O) groups excluding carboxylic acids is 3. The van der Waals surface area contributed by atoms with Gasteiger partial charge in [0.1, 0.15) is 6.10 Å². The summed E-state index contributed by atoms with van der Waals surface area (Å²) in [6, 6.07) is 15.3. The van der Waals surface area contributed by atoms with Crippen LogP contribution in [-0.4, -0.2) is 48.9 Å². The molecule has 0 aliphatic carbocycles. The molecule has 0 spiro atoms. The van der Waals surface area contributed by atoms with E-state index in [2.05, 4.69) is 10.6 Å². The van der Waals surface area contributed by atoms with Crippen molar-refractivity contribution in [2.45, 2.75) is 32.8 Å². The Morgan fingerprint density at radius 2 is 1.81 bits per heavy atom. The van der Waals surface area contributed by atoms with Crippen LogP contribution in [0.4, 0.5) is 5.69 Å². The second-order valence-electron chi connectivity index (χ2n) is 7.72. The Labute approximate surface area is 182 Å². The van der Waals surface area contributed by atoms with Crippen LogP contribution in [0.1, 0.15) is 35.6 Å². The van der Waals surface area contributed by atoms with Crippen molar-refractivity contribution in [3.05, 3.63) is 65.2 Å². The van der Waals surface area contributed by atoms with Gasteiger partial charge in [0.25, 0.3) is 0 Å². The third kappa shape index (κ3) is 6.39. The number of rotatable bonds is 6. The average Bonchev–Trinajstić information content (AvgIpc) is 2.79. The molecule has 2 aromatic carbocycles. The van der Waals surface area contributed by atoms with Gasteiger partial charge in [0.05, 0.1) is 13.2 Å². The summed E-state index contributed by atoms with van der Waals surface area (Å²) in [6.45, 7) is 5.77. The summed E-state index contributed by atoms with van der Waals surface area (Å²) >= 11 is 0. The quantitative estimate of drug-likeness (QED) is 0.552. The first kappa shape index (κ1) is 22.5. The predicted octanol–water partition coefficient (Wildman–Crippen LogP) is 2.74. The minimum absolute atomic E-state index is 0.0260. The topological polar surface area (TPSA) is 87.7 Å². The molecule has 0 saturated carbocycles. The number of hydrogen-bond acceptors (Lipinski definition) is 4. The summed E-state index contributed by atoms with van der Waals surface area (Å²) in [4.78, 5) is 38.4. The monoisotopic (exact) mass is 423 g/mol. The molecule has 1 atom stereocenters. The summed E-state index contributed by atoms with van der Waals surface area (Å²) in [6.07, 6.45) is 0.655. The highest BCUT2D eigenvalue weighted by Crippen LogP contribution is 2.22. The van der Waals surface area contributed by atoms with Gasteiger partial charge in [-0.3, -0.25) is 14.4 Å².